The van der Waals surface area contributed by atoms with Crippen LogP contribution >= 0.6 is 58.0 Å². The van der Waals surface area contributed by atoms with Crippen molar-refractivity contribution in [1.29, 1.82) is 0 Å². The summed E-state index contributed by atoms with van der Waals surface area (Å²) < 4.78 is 32.9. The molecule has 0 fully saturated rings. The number of benzene rings is 3. The summed E-state index contributed by atoms with van der Waals surface area (Å²) in [4.78, 5) is 12.1. The predicted molar refractivity (Wildman–Crippen MR) is 129 cm³/mol. The van der Waals surface area contributed by atoms with Gasteiger partial charge in [0.05, 0.1) is 41.4 Å². The third-order valence-corrected chi connectivity index (χ3v) is 7.13. The highest BCUT2D eigenvalue weighted by Crippen LogP contribution is 2.32. The summed E-state index contributed by atoms with van der Waals surface area (Å²) >= 11 is 29.5. The van der Waals surface area contributed by atoms with E-state index in [2.05, 4.69) is 10.0 Å². The topological polar surface area (TPSA) is 84.5 Å². The summed E-state index contributed by atoms with van der Waals surface area (Å²) in [6.07, 6.45) is 0. The van der Waals surface area contributed by atoms with Crippen molar-refractivity contribution in [2.45, 2.75) is 4.90 Å². The fourth-order valence-electron chi connectivity index (χ4n) is 2.44. The molecule has 0 radical (unpaired) electrons. The van der Waals surface area contributed by atoms with Crippen LogP contribution in [0.4, 0.5) is 11.4 Å². The maximum absolute atomic E-state index is 12.5. The molecule has 3 aromatic carbocycles. The molecular weight excluding hydrogens is 542 g/mol. The molecule has 0 aliphatic carbocycles. The lowest BCUT2D eigenvalue weighted by atomic mass is 10.3. The number of carbonyl (C=O) groups is 1. The number of rotatable bonds is 7. The molecule has 0 saturated carbocycles. The van der Waals surface area contributed by atoms with E-state index in [1.165, 1.54) is 54.6 Å². The van der Waals surface area contributed by atoms with Gasteiger partial charge in [0.2, 0.25) is 0 Å². The van der Waals surface area contributed by atoms with E-state index in [-0.39, 0.29) is 48.7 Å². The average molecular weight is 555 g/mol. The fraction of sp³-hybridized carbons (Fsp3) is 0.0500. The maximum atomic E-state index is 12.5. The second-order valence-corrected chi connectivity index (χ2v) is 10.0. The molecule has 0 spiro atoms. The molecule has 0 aliphatic heterocycles. The van der Waals surface area contributed by atoms with E-state index < -0.39 is 15.9 Å². The van der Waals surface area contributed by atoms with Crippen LogP contribution in [0.25, 0.3) is 0 Å². The van der Waals surface area contributed by atoms with Gasteiger partial charge in [-0.3, -0.25) is 9.52 Å². The van der Waals surface area contributed by atoms with Crippen molar-refractivity contribution in [3.8, 4) is 5.75 Å². The zero-order valence-corrected chi connectivity index (χ0v) is 20.4. The zero-order chi connectivity index (χ0) is 23.5. The van der Waals surface area contributed by atoms with Gasteiger partial charge in [-0.05, 0) is 54.6 Å². The Labute approximate surface area is 209 Å². The van der Waals surface area contributed by atoms with Crippen molar-refractivity contribution in [3.63, 3.8) is 0 Å². The lowest BCUT2D eigenvalue weighted by molar-refractivity contribution is -0.118. The van der Waals surface area contributed by atoms with E-state index in [1.54, 1.807) is 0 Å². The van der Waals surface area contributed by atoms with Crippen molar-refractivity contribution in [1.82, 2.24) is 0 Å². The largest absolute Gasteiger partial charge is 0.484 e. The van der Waals surface area contributed by atoms with Crippen molar-refractivity contribution in [2.24, 2.45) is 0 Å². The Morgan fingerprint density at radius 1 is 0.781 bits per heavy atom. The van der Waals surface area contributed by atoms with Gasteiger partial charge in [0.15, 0.2) is 6.61 Å². The molecule has 2 N–H and O–H groups in total. The van der Waals surface area contributed by atoms with Gasteiger partial charge in [-0.25, -0.2) is 8.42 Å². The highest BCUT2D eigenvalue weighted by Gasteiger charge is 2.15. The van der Waals surface area contributed by atoms with Crippen LogP contribution in [0.3, 0.4) is 0 Å². The Balaban J connectivity index is 1.61. The van der Waals surface area contributed by atoms with Gasteiger partial charge in [-0.15, -0.1) is 0 Å². The fourth-order valence-corrected chi connectivity index (χ4v) is 4.38. The van der Waals surface area contributed by atoms with Gasteiger partial charge < -0.3 is 10.1 Å². The molecule has 0 aliphatic rings. The summed E-state index contributed by atoms with van der Waals surface area (Å²) in [7, 11) is -3.87. The normalized spacial score (nSPS) is 11.2. The first-order chi connectivity index (χ1) is 15.0. The maximum Gasteiger partial charge on any atom is 0.262 e. The van der Waals surface area contributed by atoms with Crippen LogP contribution in [-0.4, -0.2) is 20.9 Å². The molecule has 0 saturated heterocycles. The third-order valence-electron chi connectivity index (χ3n) is 3.96. The van der Waals surface area contributed by atoms with Gasteiger partial charge in [0.25, 0.3) is 15.9 Å². The molecule has 0 atom stereocenters. The highest BCUT2D eigenvalue weighted by atomic mass is 35.5. The summed E-state index contributed by atoms with van der Waals surface area (Å²) in [6.45, 7) is -0.343. The van der Waals surface area contributed by atoms with E-state index in [4.69, 9.17) is 62.7 Å². The van der Waals surface area contributed by atoms with Gasteiger partial charge in [-0.1, -0.05) is 58.0 Å². The molecule has 3 aromatic rings. The first-order valence-corrected chi connectivity index (χ1v) is 12.1. The average Bonchev–Trinajstić information content (AvgIpc) is 2.73. The van der Waals surface area contributed by atoms with Crippen LogP contribution < -0.4 is 14.8 Å². The van der Waals surface area contributed by atoms with Crippen LogP contribution in [0, 0.1) is 0 Å². The number of hydrogen-bond donors (Lipinski definition) is 2. The van der Waals surface area contributed by atoms with Crippen LogP contribution in [0.15, 0.2) is 59.5 Å². The van der Waals surface area contributed by atoms with Crippen molar-refractivity contribution in [2.75, 3.05) is 16.6 Å². The smallest absolute Gasteiger partial charge is 0.262 e. The SMILES string of the molecule is O=C(COc1ccc(S(=O)(=O)Nc2ccc(Cl)c(Cl)c2)cc1)Nc1cc(Cl)c(Cl)cc1Cl. The predicted octanol–water partition coefficient (Wildman–Crippen LogP) is 6.77. The number of hydrogen-bond acceptors (Lipinski definition) is 4. The second-order valence-electron chi connectivity index (χ2n) is 6.29. The standard InChI is InChI=1S/C20H13Cl5N2O4S/c21-14-6-1-11(7-15(14)22)27-32(29,30)13-4-2-12(3-5-13)31-10-20(28)26-19-9-17(24)16(23)8-18(19)25/h1-9,27H,10H2,(H,26,28). The Morgan fingerprint density at radius 2 is 1.41 bits per heavy atom. The van der Waals surface area contributed by atoms with Crippen molar-refractivity contribution >= 4 is 85.3 Å². The number of anilines is 2. The Morgan fingerprint density at radius 3 is 2.06 bits per heavy atom. The third kappa shape index (κ3) is 6.34. The number of nitrogens with one attached hydrogen (secondary N) is 2. The van der Waals surface area contributed by atoms with Crippen LogP contribution in [-0.2, 0) is 14.8 Å². The van der Waals surface area contributed by atoms with Gasteiger partial charge in [-0.2, -0.15) is 0 Å². The minimum Gasteiger partial charge on any atom is -0.484 e. The number of carbonyl (C=O) groups excluding carboxylic acids is 1. The molecule has 1 amide bonds. The van der Waals surface area contributed by atoms with Gasteiger partial charge in [0, 0.05) is 0 Å². The number of halogens is 5. The Bertz CT molecular complexity index is 1270. The summed E-state index contributed by atoms with van der Waals surface area (Å²) in [5.74, 6) is -0.211. The first-order valence-electron chi connectivity index (χ1n) is 8.70. The quantitative estimate of drug-likeness (QED) is 0.316. The second kappa shape index (κ2) is 10.4. The molecule has 0 heterocycles. The first kappa shape index (κ1) is 24.8. The summed E-state index contributed by atoms with van der Waals surface area (Å²) in [5, 5.41) is 3.79. The molecule has 168 valence electrons. The molecule has 0 unspecified atom stereocenters. The Kier molecular flexibility index (Phi) is 8.03. The Hall–Kier alpha value is -1.87. The number of amides is 1. The van der Waals surface area contributed by atoms with E-state index in [0.29, 0.717) is 5.02 Å². The molecule has 3 rings (SSSR count). The molecule has 32 heavy (non-hydrogen) atoms. The van der Waals surface area contributed by atoms with E-state index in [1.807, 2.05) is 0 Å². The monoisotopic (exact) mass is 552 g/mol. The minimum absolute atomic E-state index is 0.0111. The lowest BCUT2D eigenvalue weighted by Gasteiger charge is -2.11. The van der Waals surface area contributed by atoms with Gasteiger partial charge in [0.1, 0.15) is 5.75 Å². The molecule has 6 nitrogen and oxygen atoms in total. The number of ether oxygens (including phenoxy) is 1. The molecule has 12 heteroatoms. The molecular formula is C20H13Cl5N2O4S. The van der Waals surface area contributed by atoms with E-state index in [9.17, 15) is 13.2 Å². The van der Waals surface area contributed by atoms with E-state index >= 15 is 0 Å². The summed E-state index contributed by atoms with van der Waals surface area (Å²) in [6, 6.07) is 12.7. The summed E-state index contributed by atoms with van der Waals surface area (Å²) in [5.41, 5.74) is 0.543. The van der Waals surface area contributed by atoms with Crippen LogP contribution in [0.1, 0.15) is 0 Å². The van der Waals surface area contributed by atoms with Crippen LogP contribution in [0.2, 0.25) is 25.1 Å². The number of sulfonamides is 1. The van der Waals surface area contributed by atoms with Crippen molar-refractivity contribution in [3.05, 3.63) is 79.7 Å². The molecule has 0 aromatic heterocycles. The van der Waals surface area contributed by atoms with Crippen LogP contribution in [0.5, 0.6) is 5.75 Å². The molecule has 0 bridgehead atoms. The van der Waals surface area contributed by atoms with Crippen molar-refractivity contribution < 1.29 is 17.9 Å². The lowest BCUT2D eigenvalue weighted by Crippen LogP contribution is -2.20. The minimum atomic E-state index is -3.87. The van der Waals surface area contributed by atoms with Gasteiger partial charge >= 0.3 is 0 Å². The van der Waals surface area contributed by atoms with E-state index in [0.717, 1.165) is 0 Å². The highest BCUT2D eigenvalue weighted by molar-refractivity contribution is 7.92. The zero-order valence-electron chi connectivity index (χ0n) is 15.8.